The zero-order valence-corrected chi connectivity index (χ0v) is 8.48. The predicted molar refractivity (Wildman–Crippen MR) is 55.0 cm³/mol. The van der Waals surface area contributed by atoms with E-state index in [1.165, 1.54) is 6.33 Å². The molecule has 2 aromatic rings. The van der Waals surface area contributed by atoms with E-state index in [1.807, 2.05) is 6.92 Å². The van der Waals surface area contributed by atoms with Crippen LogP contribution in [0.4, 0.5) is 5.82 Å². The van der Waals surface area contributed by atoms with Crippen molar-refractivity contribution in [3.8, 4) is 11.8 Å². The highest BCUT2D eigenvalue weighted by Crippen LogP contribution is 2.18. The Balaban J connectivity index is 2.16. The minimum absolute atomic E-state index is 0.459. The number of rotatable bonds is 3. The lowest BCUT2D eigenvalue weighted by Crippen LogP contribution is -1.95. The van der Waals surface area contributed by atoms with Crippen molar-refractivity contribution >= 4 is 5.82 Å². The quantitative estimate of drug-likeness (QED) is 0.790. The molecule has 2 rings (SSSR count). The molecule has 0 atom stereocenters. The average molecular weight is 205 g/mol. The van der Waals surface area contributed by atoms with E-state index in [0.717, 1.165) is 5.69 Å². The second kappa shape index (κ2) is 3.95. The maximum atomic E-state index is 5.41. The summed E-state index contributed by atoms with van der Waals surface area (Å²) < 4.78 is 5.41. The summed E-state index contributed by atoms with van der Waals surface area (Å²) in [4.78, 5) is 7.94. The van der Waals surface area contributed by atoms with Gasteiger partial charge < -0.3 is 10.1 Å². The van der Waals surface area contributed by atoms with E-state index in [0.29, 0.717) is 17.6 Å². The molecule has 0 unspecified atom stereocenters. The molecule has 78 valence electrons. The number of aromatic nitrogens is 4. The van der Waals surface area contributed by atoms with Gasteiger partial charge in [-0.05, 0) is 6.92 Å². The van der Waals surface area contributed by atoms with Crippen LogP contribution in [0, 0.1) is 6.92 Å². The summed E-state index contributed by atoms with van der Waals surface area (Å²) in [6.45, 7) is 1.90. The molecule has 2 N–H and O–H groups in total. The number of H-pyrrole nitrogens is 1. The molecular weight excluding hydrogens is 194 g/mol. The number of nitrogens with one attached hydrogen (secondary N) is 2. The highest BCUT2D eigenvalue weighted by Gasteiger charge is 2.02. The summed E-state index contributed by atoms with van der Waals surface area (Å²) in [6, 6.07) is 3.49. The van der Waals surface area contributed by atoms with E-state index in [-0.39, 0.29) is 0 Å². The molecular formula is C9H11N5O. The number of ether oxygens (including phenoxy) is 1. The molecule has 0 aromatic carbocycles. The largest absolute Gasteiger partial charge is 0.419 e. The van der Waals surface area contributed by atoms with Gasteiger partial charge in [0.15, 0.2) is 0 Å². The van der Waals surface area contributed by atoms with Gasteiger partial charge in [-0.15, -0.1) is 5.10 Å². The molecule has 0 fully saturated rings. The summed E-state index contributed by atoms with van der Waals surface area (Å²) >= 11 is 0. The first-order valence-electron chi connectivity index (χ1n) is 4.47. The highest BCUT2D eigenvalue weighted by atomic mass is 16.5. The molecule has 6 heteroatoms. The molecule has 2 aromatic heterocycles. The fourth-order valence-electron chi connectivity index (χ4n) is 1.08. The Bertz CT molecular complexity index is 453. The zero-order valence-electron chi connectivity index (χ0n) is 8.48. The van der Waals surface area contributed by atoms with E-state index in [1.54, 1.807) is 19.2 Å². The second-order valence-corrected chi connectivity index (χ2v) is 2.98. The maximum Gasteiger partial charge on any atom is 0.240 e. The van der Waals surface area contributed by atoms with Crippen molar-refractivity contribution in [2.45, 2.75) is 6.92 Å². The van der Waals surface area contributed by atoms with Crippen LogP contribution in [0.2, 0.25) is 0 Å². The Morgan fingerprint density at radius 1 is 1.27 bits per heavy atom. The van der Waals surface area contributed by atoms with Crippen molar-refractivity contribution in [3.63, 3.8) is 0 Å². The Morgan fingerprint density at radius 2 is 2.13 bits per heavy atom. The smallest absolute Gasteiger partial charge is 0.240 e. The number of aryl methyl sites for hydroxylation is 1. The van der Waals surface area contributed by atoms with Crippen molar-refractivity contribution < 1.29 is 4.74 Å². The van der Waals surface area contributed by atoms with Gasteiger partial charge in [-0.25, -0.2) is 9.97 Å². The van der Waals surface area contributed by atoms with Gasteiger partial charge in [-0.3, -0.25) is 5.10 Å². The van der Waals surface area contributed by atoms with Crippen LogP contribution in [-0.4, -0.2) is 27.2 Å². The van der Waals surface area contributed by atoms with Crippen LogP contribution < -0.4 is 10.1 Å². The molecule has 0 saturated heterocycles. The van der Waals surface area contributed by atoms with Gasteiger partial charge in [0.25, 0.3) is 0 Å². The van der Waals surface area contributed by atoms with Crippen LogP contribution in [0.15, 0.2) is 18.5 Å². The summed E-state index contributed by atoms with van der Waals surface area (Å²) in [5.41, 5.74) is 0.938. The number of hydrogen-bond donors (Lipinski definition) is 2. The van der Waals surface area contributed by atoms with Gasteiger partial charge in [-0.1, -0.05) is 0 Å². The highest BCUT2D eigenvalue weighted by molar-refractivity contribution is 5.37. The number of anilines is 1. The van der Waals surface area contributed by atoms with Crippen LogP contribution in [0.1, 0.15) is 5.69 Å². The fraction of sp³-hybridized carbons (Fsp3) is 0.222. The fourth-order valence-corrected chi connectivity index (χ4v) is 1.08. The summed E-state index contributed by atoms with van der Waals surface area (Å²) in [5, 5.41) is 9.62. The van der Waals surface area contributed by atoms with Crippen molar-refractivity contribution in [1.29, 1.82) is 0 Å². The Hall–Kier alpha value is -2.11. The minimum atomic E-state index is 0.459. The SMILES string of the molecule is CNc1cc(Oc2cc(C)[nH]n2)ncn1. The van der Waals surface area contributed by atoms with Crippen molar-refractivity contribution in [2.75, 3.05) is 12.4 Å². The first kappa shape index (κ1) is 9.45. The molecule has 0 aliphatic carbocycles. The zero-order chi connectivity index (χ0) is 10.7. The normalized spacial score (nSPS) is 10.0. The molecule has 0 saturated carbocycles. The second-order valence-electron chi connectivity index (χ2n) is 2.98. The first-order valence-corrected chi connectivity index (χ1v) is 4.47. The van der Waals surface area contributed by atoms with Gasteiger partial charge in [0.2, 0.25) is 11.8 Å². The predicted octanol–water partition coefficient (Wildman–Crippen LogP) is 1.34. The van der Waals surface area contributed by atoms with Crippen LogP contribution in [0.5, 0.6) is 11.8 Å². The summed E-state index contributed by atoms with van der Waals surface area (Å²) in [6.07, 6.45) is 1.43. The minimum Gasteiger partial charge on any atom is -0.419 e. The first-order chi connectivity index (χ1) is 7.28. The average Bonchev–Trinajstić information content (AvgIpc) is 2.64. The van der Waals surface area contributed by atoms with Crippen LogP contribution >= 0.6 is 0 Å². The number of aromatic amines is 1. The number of nitrogens with zero attached hydrogens (tertiary/aromatic N) is 3. The molecule has 0 aliphatic heterocycles. The summed E-state index contributed by atoms with van der Waals surface area (Å²) in [7, 11) is 1.78. The Morgan fingerprint density at radius 3 is 2.80 bits per heavy atom. The van der Waals surface area contributed by atoms with E-state index in [2.05, 4.69) is 25.5 Å². The van der Waals surface area contributed by atoms with E-state index >= 15 is 0 Å². The molecule has 0 spiro atoms. The van der Waals surface area contributed by atoms with E-state index in [9.17, 15) is 0 Å². The van der Waals surface area contributed by atoms with Gasteiger partial charge in [-0.2, -0.15) is 0 Å². The van der Waals surface area contributed by atoms with Crippen molar-refractivity contribution in [3.05, 3.63) is 24.2 Å². The van der Waals surface area contributed by atoms with Crippen LogP contribution in [0.25, 0.3) is 0 Å². The Labute approximate surface area is 86.7 Å². The molecule has 15 heavy (non-hydrogen) atoms. The lowest BCUT2D eigenvalue weighted by molar-refractivity contribution is 0.442. The van der Waals surface area contributed by atoms with Gasteiger partial charge in [0.1, 0.15) is 12.1 Å². The third kappa shape index (κ3) is 2.22. The molecule has 0 bridgehead atoms. The third-order valence-electron chi connectivity index (χ3n) is 1.79. The van der Waals surface area contributed by atoms with Crippen molar-refractivity contribution in [2.24, 2.45) is 0 Å². The molecule has 2 heterocycles. The van der Waals surface area contributed by atoms with Gasteiger partial charge in [0, 0.05) is 24.9 Å². The van der Waals surface area contributed by atoms with Crippen LogP contribution in [-0.2, 0) is 0 Å². The van der Waals surface area contributed by atoms with Gasteiger partial charge in [0.05, 0.1) is 0 Å². The van der Waals surface area contributed by atoms with Gasteiger partial charge >= 0.3 is 0 Å². The van der Waals surface area contributed by atoms with E-state index in [4.69, 9.17) is 4.74 Å². The third-order valence-corrected chi connectivity index (χ3v) is 1.79. The maximum absolute atomic E-state index is 5.41. The van der Waals surface area contributed by atoms with E-state index < -0.39 is 0 Å². The summed E-state index contributed by atoms with van der Waals surface area (Å²) in [5.74, 6) is 1.65. The lowest BCUT2D eigenvalue weighted by atomic mass is 10.5. The molecule has 0 aliphatic rings. The standard InChI is InChI=1S/C9H11N5O/c1-6-3-9(14-13-6)15-8-4-7(10-2)11-5-12-8/h3-5H,1-2H3,(H,13,14)(H,10,11,12). The Kier molecular flexibility index (Phi) is 2.49. The monoisotopic (exact) mass is 205 g/mol. The lowest BCUT2D eigenvalue weighted by Gasteiger charge is -2.02. The molecule has 0 amide bonds. The number of hydrogen-bond acceptors (Lipinski definition) is 5. The topological polar surface area (TPSA) is 75.7 Å². The molecule has 0 radical (unpaired) electrons. The van der Waals surface area contributed by atoms with Crippen molar-refractivity contribution in [1.82, 2.24) is 20.2 Å². The van der Waals surface area contributed by atoms with Crippen LogP contribution in [0.3, 0.4) is 0 Å². The molecule has 6 nitrogen and oxygen atoms in total.